The Balaban J connectivity index is 1.84. The smallest absolute Gasteiger partial charge is 0.112 e. The summed E-state index contributed by atoms with van der Waals surface area (Å²) in [4.78, 5) is 0. The van der Waals surface area contributed by atoms with Crippen LogP contribution in [0.15, 0.2) is 60.9 Å². The highest BCUT2D eigenvalue weighted by atomic mass is 35.5. The zero-order valence-corrected chi connectivity index (χ0v) is 10.1. The minimum absolute atomic E-state index is 0.556. The standard InChI is InChI=1S/C15H13ClO/c16-15-8-6-14(7-9-15)12-17-11-10-13-4-2-1-3-5-13/h1-11H,12H2/b11-10-. The molecule has 0 fully saturated rings. The largest absolute Gasteiger partial charge is 0.496 e. The van der Waals surface area contributed by atoms with E-state index in [4.69, 9.17) is 16.3 Å². The Morgan fingerprint density at radius 3 is 2.35 bits per heavy atom. The molecule has 0 aliphatic carbocycles. The van der Waals surface area contributed by atoms with E-state index in [1.54, 1.807) is 6.26 Å². The van der Waals surface area contributed by atoms with Crippen molar-refractivity contribution in [2.75, 3.05) is 0 Å². The highest BCUT2D eigenvalue weighted by molar-refractivity contribution is 6.30. The third kappa shape index (κ3) is 3.97. The van der Waals surface area contributed by atoms with Crippen LogP contribution in [-0.2, 0) is 11.3 Å². The summed E-state index contributed by atoms with van der Waals surface area (Å²) in [5.74, 6) is 0. The van der Waals surface area contributed by atoms with Crippen LogP contribution in [0.1, 0.15) is 11.1 Å². The fourth-order valence-corrected chi connectivity index (χ4v) is 1.54. The van der Waals surface area contributed by atoms with Crippen LogP contribution in [0.2, 0.25) is 5.02 Å². The average Bonchev–Trinajstić information content (AvgIpc) is 2.38. The van der Waals surface area contributed by atoms with Crippen LogP contribution in [0.5, 0.6) is 0 Å². The number of hydrogen-bond donors (Lipinski definition) is 0. The molecule has 0 aromatic heterocycles. The zero-order chi connectivity index (χ0) is 11.9. The van der Waals surface area contributed by atoms with Crippen LogP contribution in [0.4, 0.5) is 0 Å². The first-order valence-electron chi connectivity index (χ1n) is 5.42. The van der Waals surface area contributed by atoms with Gasteiger partial charge in [-0.25, -0.2) is 0 Å². The molecule has 0 N–H and O–H groups in total. The minimum Gasteiger partial charge on any atom is -0.496 e. The summed E-state index contributed by atoms with van der Waals surface area (Å²) >= 11 is 5.80. The van der Waals surface area contributed by atoms with Gasteiger partial charge in [0.25, 0.3) is 0 Å². The van der Waals surface area contributed by atoms with Gasteiger partial charge in [-0.15, -0.1) is 0 Å². The SMILES string of the molecule is Clc1ccc(CO/C=C\c2ccccc2)cc1. The molecule has 0 radical (unpaired) electrons. The molecule has 2 rings (SSSR count). The summed E-state index contributed by atoms with van der Waals surface area (Å²) in [5, 5.41) is 0.744. The molecule has 0 saturated heterocycles. The predicted octanol–water partition coefficient (Wildman–Crippen LogP) is 4.53. The molecule has 17 heavy (non-hydrogen) atoms. The monoisotopic (exact) mass is 244 g/mol. The molecule has 0 aliphatic heterocycles. The Bertz CT molecular complexity index is 474. The van der Waals surface area contributed by atoms with Crippen molar-refractivity contribution in [3.05, 3.63) is 77.0 Å². The first-order chi connectivity index (χ1) is 8.34. The molecular formula is C15H13ClO. The van der Waals surface area contributed by atoms with Gasteiger partial charge < -0.3 is 4.74 Å². The van der Waals surface area contributed by atoms with Crippen LogP contribution in [-0.4, -0.2) is 0 Å². The molecule has 1 nitrogen and oxygen atoms in total. The summed E-state index contributed by atoms with van der Waals surface area (Å²) in [6.07, 6.45) is 3.65. The van der Waals surface area contributed by atoms with E-state index in [2.05, 4.69) is 0 Å². The van der Waals surface area contributed by atoms with Crippen molar-refractivity contribution < 1.29 is 4.74 Å². The van der Waals surface area contributed by atoms with Gasteiger partial charge in [-0.1, -0.05) is 54.1 Å². The number of rotatable bonds is 4. The number of hydrogen-bond acceptors (Lipinski definition) is 1. The van der Waals surface area contributed by atoms with E-state index in [0.29, 0.717) is 6.61 Å². The molecule has 0 bridgehead atoms. The second-order valence-electron chi connectivity index (χ2n) is 3.65. The molecule has 86 valence electrons. The van der Waals surface area contributed by atoms with Crippen molar-refractivity contribution in [2.45, 2.75) is 6.61 Å². The van der Waals surface area contributed by atoms with Crippen molar-refractivity contribution in [3.63, 3.8) is 0 Å². The summed E-state index contributed by atoms with van der Waals surface area (Å²) in [6, 6.07) is 17.7. The molecule has 0 saturated carbocycles. The summed E-state index contributed by atoms with van der Waals surface area (Å²) < 4.78 is 5.44. The molecule has 0 spiro atoms. The van der Waals surface area contributed by atoms with Crippen molar-refractivity contribution in [2.24, 2.45) is 0 Å². The van der Waals surface area contributed by atoms with E-state index in [0.717, 1.165) is 16.1 Å². The maximum atomic E-state index is 5.80. The maximum Gasteiger partial charge on any atom is 0.112 e. The quantitative estimate of drug-likeness (QED) is 0.718. The van der Waals surface area contributed by atoms with Gasteiger partial charge in [0.15, 0.2) is 0 Å². The van der Waals surface area contributed by atoms with Crippen molar-refractivity contribution >= 4 is 17.7 Å². The lowest BCUT2D eigenvalue weighted by atomic mass is 10.2. The predicted molar refractivity (Wildman–Crippen MR) is 71.7 cm³/mol. The van der Waals surface area contributed by atoms with Crippen LogP contribution >= 0.6 is 11.6 Å². The van der Waals surface area contributed by atoms with Gasteiger partial charge in [-0.3, -0.25) is 0 Å². The summed E-state index contributed by atoms with van der Waals surface area (Å²) in [5.41, 5.74) is 2.23. The molecule has 2 heteroatoms. The van der Waals surface area contributed by atoms with Crippen LogP contribution in [0, 0.1) is 0 Å². The molecule has 0 aliphatic rings. The number of halogens is 1. The van der Waals surface area contributed by atoms with Gasteiger partial charge in [0.2, 0.25) is 0 Å². The normalized spacial score (nSPS) is 10.6. The fraction of sp³-hybridized carbons (Fsp3) is 0.0667. The van der Waals surface area contributed by atoms with Gasteiger partial charge >= 0.3 is 0 Å². The van der Waals surface area contributed by atoms with Crippen LogP contribution in [0.25, 0.3) is 6.08 Å². The fourth-order valence-electron chi connectivity index (χ4n) is 1.42. The molecular weight excluding hydrogens is 232 g/mol. The third-order valence-corrected chi connectivity index (χ3v) is 2.57. The van der Waals surface area contributed by atoms with E-state index >= 15 is 0 Å². The van der Waals surface area contributed by atoms with Crippen LogP contribution < -0.4 is 0 Å². The van der Waals surface area contributed by atoms with Crippen molar-refractivity contribution in [1.29, 1.82) is 0 Å². The summed E-state index contributed by atoms with van der Waals surface area (Å²) in [6.45, 7) is 0.556. The highest BCUT2D eigenvalue weighted by Gasteiger charge is 1.91. The molecule has 0 unspecified atom stereocenters. The van der Waals surface area contributed by atoms with E-state index in [1.165, 1.54) is 0 Å². The minimum atomic E-state index is 0.556. The van der Waals surface area contributed by atoms with Crippen molar-refractivity contribution in [1.82, 2.24) is 0 Å². The first-order valence-corrected chi connectivity index (χ1v) is 5.80. The summed E-state index contributed by atoms with van der Waals surface area (Å²) in [7, 11) is 0. The molecule has 0 atom stereocenters. The van der Waals surface area contributed by atoms with E-state index in [9.17, 15) is 0 Å². The van der Waals surface area contributed by atoms with E-state index in [1.807, 2.05) is 60.7 Å². The Morgan fingerprint density at radius 2 is 1.65 bits per heavy atom. The number of ether oxygens (including phenoxy) is 1. The second kappa shape index (κ2) is 6.12. The Hall–Kier alpha value is -1.73. The first kappa shape index (κ1) is 11.7. The zero-order valence-electron chi connectivity index (χ0n) is 9.34. The van der Waals surface area contributed by atoms with E-state index < -0.39 is 0 Å². The Kier molecular flexibility index (Phi) is 4.23. The second-order valence-corrected chi connectivity index (χ2v) is 4.09. The van der Waals surface area contributed by atoms with Gasteiger partial charge in [-0.2, -0.15) is 0 Å². The van der Waals surface area contributed by atoms with Gasteiger partial charge in [0.05, 0.1) is 6.26 Å². The highest BCUT2D eigenvalue weighted by Crippen LogP contribution is 2.10. The Labute approximate surface area is 106 Å². The lowest BCUT2D eigenvalue weighted by Crippen LogP contribution is -1.85. The average molecular weight is 245 g/mol. The molecule has 2 aromatic rings. The lowest BCUT2D eigenvalue weighted by molar-refractivity contribution is 0.239. The topological polar surface area (TPSA) is 9.23 Å². The molecule has 2 aromatic carbocycles. The van der Waals surface area contributed by atoms with E-state index in [-0.39, 0.29) is 0 Å². The third-order valence-electron chi connectivity index (χ3n) is 2.32. The molecule has 0 heterocycles. The van der Waals surface area contributed by atoms with Crippen molar-refractivity contribution in [3.8, 4) is 0 Å². The van der Waals surface area contributed by atoms with Gasteiger partial charge in [0.1, 0.15) is 6.61 Å². The number of benzene rings is 2. The van der Waals surface area contributed by atoms with Crippen LogP contribution in [0.3, 0.4) is 0 Å². The Morgan fingerprint density at radius 1 is 0.941 bits per heavy atom. The van der Waals surface area contributed by atoms with Gasteiger partial charge in [0, 0.05) is 5.02 Å². The maximum absolute atomic E-state index is 5.80. The lowest BCUT2D eigenvalue weighted by Gasteiger charge is -2.01. The van der Waals surface area contributed by atoms with Gasteiger partial charge in [-0.05, 0) is 29.3 Å². The molecule has 0 amide bonds.